The number of carboxylic acids is 1. The molecule has 0 aliphatic rings. The second-order valence-electron chi connectivity index (χ2n) is 5.44. The molecule has 1 rings (SSSR count). The van der Waals surface area contributed by atoms with Crippen molar-refractivity contribution in [3.8, 4) is 0 Å². The SMILES string of the molecule is CC(C)CC(=O)NC(C(=O)NCCC(=O)O)c1ccccc1. The van der Waals surface area contributed by atoms with Crippen LogP contribution < -0.4 is 10.6 Å². The summed E-state index contributed by atoms with van der Waals surface area (Å²) in [7, 11) is 0. The number of carbonyl (C=O) groups excluding carboxylic acids is 2. The van der Waals surface area contributed by atoms with Crippen molar-refractivity contribution in [3.63, 3.8) is 0 Å². The predicted molar refractivity (Wildman–Crippen MR) is 82.0 cm³/mol. The van der Waals surface area contributed by atoms with Crippen molar-refractivity contribution in [2.24, 2.45) is 5.92 Å². The number of hydrogen-bond donors (Lipinski definition) is 3. The minimum Gasteiger partial charge on any atom is -0.481 e. The molecule has 6 nitrogen and oxygen atoms in total. The topological polar surface area (TPSA) is 95.5 Å². The largest absolute Gasteiger partial charge is 0.481 e. The molecule has 0 saturated heterocycles. The van der Waals surface area contributed by atoms with Gasteiger partial charge >= 0.3 is 5.97 Å². The first-order chi connectivity index (χ1) is 10.4. The van der Waals surface area contributed by atoms with Gasteiger partial charge < -0.3 is 15.7 Å². The van der Waals surface area contributed by atoms with E-state index in [4.69, 9.17) is 5.11 Å². The molecule has 1 aromatic carbocycles. The quantitative estimate of drug-likeness (QED) is 0.678. The lowest BCUT2D eigenvalue weighted by atomic mass is 10.0. The molecule has 2 amide bonds. The molecule has 22 heavy (non-hydrogen) atoms. The molecule has 6 heteroatoms. The Bertz CT molecular complexity index is 514. The van der Waals surface area contributed by atoms with Crippen LogP contribution in [0.2, 0.25) is 0 Å². The highest BCUT2D eigenvalue weighted by atomic mass is 16.4. The van der Waals surface area contributed by atoms with Crippen molar-refractivity contribution < 1.29 is 19.5 Å². The second-order valence-corrected chi connectivity index (χ2v) is 5.44. The Morgan fingerprint density at radius 2 is 1.77 bits per heavy atom. The van der Waals surface area contributed by atoms with Gasteiger partial charge in [0, 0.05) is 13.0 Å². The molecule has 0 heterocycles. The molecule has 0 spiro atoms. The summed E-state index contributed by atoms with van der Waals surface area (Å²) in [6, 6.07) is 8.05. The Hall–Kier alpha value is -2.37. The summed E-state index contributed by atoms with van der Waals surface area (Å²) in [6.45, 7) is 3.87. The van der Waals surface area contributed by atoms with Crippen molar-refractivity contribution in [3.05, 3.63) is 35.9 Å². The molecule has 1 aromatic rings. The van der Waals surface area contributed by atoms with E-state index in [-0.39, 0.29) is 24.8 Å². The first-order valence-corrected chi connectivity index (χ1v) is 7.24. The molecule has 0 aromatic heterocycles. The minimum atomic E-state index is -0.986. The number of rotatable bonds is 8. The van der Waals surface area contributed by atoms with Crippen LogP contribution in [-0.4, -0.2) is 29.4 Å². The molecular formula is C16H22N2O4. The standard InChI is InChI=1S/C16H22N2O4/c1-11(2)10-13(19)18-15(12-6-4-3-5-7-12)16(22)17-9-8-14(20)21/h3-7,11,15H,8-10H2,1-2H3,(H,17,22)(H,18,19)(H,20,21). The summed E-state index contributed by atoms with van der Waals surface area (Å²) < 4.78 is 0. The van der Waals surface area contributed by atoms with Crippen LogP contribution in [0.4, 0.5) is 0 Å². The van der Waals surface area contributed by atoms with Gasteiger partial charge in [0.1, 0.15) is 6.04 Å². The highest BCUT2D eigenvalue weighted by molar-refractivity contribution is 5.88. The van der Waals surface area contributed by atoms with Crippen LogP contribution in [0.25, 0.3) is 0 Å². The first-order valence-electron chi connectivity index (χ1n) is 7.24. The van der Waals surface area contributed by atoms with E-state index in [0.29, 0.717) is 12.0 Å². The Balaban J connectivity index is 2.76. The molecular weight excluding hydrogens is 284 g/mol. The molecule has 3 N–H and O–H groups in total. The van der Waals surface area contributed by atoms with Crippen LogP contribution >= 0.6 is 0 Å². The van der Waals surface area contributed by atoms with Gasteiger partial charge in [0.2, 0.25) is 11.8 Å². The van der Waals surface area contributed by atoms with E-state index >= 15 is 0 Å². The van der Waals surface area contributed by atoms with Crippen LogP contribution in [-0.2, 0) is 14.4 Å². The summed E-state index contributed by atoms with van der Waals surface area (Å²) in [5, 5.41) is 13.8. The Kier molecular flexibility index (Phi) is 7.08. The zero-order valence-electron chi connectivity index (χ0n) is 12.8. The Morgan fingerprint density at radius 1 is 1.14 bits per heavy atom. The number of amides is 2. The van der Waals surface area contributed by atoms with Crippen molar-refractivity contribution in [2.75, 3.05) is 6.54 Å². The lowest BCUT2D eigenvalue weighted by Crippen LogP contribution is -2.41. The van der Waals surface area contributed by atoms with Gasteiger partial charge in [0.05, 0.1) is 6.42 Å². The molecule has 1 atom stereocenters. The maximum atomic E-state index is 12.2. The Morgan fingerprint density at radius 3 is 2.32 bits per heavy atom. The van der Waals surface area contributed by atoms with Crippen molar-refractivity contribution in [1.82, 2.24) is 10.6 Å². The van der Waals surface area contributed by atoms with Crippen molar-refractivity contribution >= 4 is 17.8 Å². The smallest absolute Gasteiger partial charge is 0.305 e. The van der Waals surface area contributed by atoms with Gasteiger partial charge in [-0.1, -0.05) is 44.2 Å². The van der Waals surface area contributed by atoms with Crippen LogP contribution in [0.3, 0.4) is 0 Å². The molecule has 120 valence electrons. The average molecular weight is 306 g/mol. The molecule has 1 unspecified atom stereocenters. The fourth-order valence-electron chi connectivity index (χ4n) is 1.93. The van der Waals surface area contributed by atoms with E-state index in [2.05, 4.69) is 10.6 Å². The maximum Gasteiger partial charge on any atom is 0.305 e. The highest BCUT2D eigenvalue weighted by Crippen LogP contribution is 2.13. The number of aliphatic carboxylic acids is 1. The van der Waals surface area contributed by atoms with Gasteiger partial charge in [-0.25, -0.2) is 0 Å². The normalized spacial score (nSPS) is 11.8. The number of nitrogens with one attached hydrogen (secondary N) is 2. The Labute approximate surface area is 129 Å². The molecule has 0 aliphatic carbocycles. The zero-order valence-corrected chi connectivity index (χ0v) is 12.8. The van der Waals surface area contributed by atoms with Gasteiger partial charge in [0.15, 0.2) is 0 Å². The highest BCUT2D eigenvalue weighted by Gasteiger charge is 2.22. The van der Waals surface area contributed by atoms with Gasteiger partial charge in [-0.2, -0.15) is 0 Å². The minimum absolute atomic E-state index is 0.0253. The fourth-order valence-corrected chi connectivity index (χ4v) is 1.93. The van der Waals surface area contributed by atoms with Crippen LogP contribution in [0.1, 0.15) is 38.3 Å². The molecule has 0 bridgehead atoms. The van der Waals surface area contributed by atoms with Gasteiger partial charge in [-0.15, -0.1) is 0 Å². The van der Waals surface area contributed by atoms with Crippen LogP contribution in [0.15, 0.2) is 30.3 Å². The molecule has 0 fully saturated rings. The van der Waals surface area contributed by atoms with E-state index in [0.717, 1.165) is 0 Å². The summed E-state index contributed by atoms with van der Waals surface area (Å²) in [6.07, 6.45) is 0.166. The van der Waals surface area contributed by atoms with Gasteiger partial charge in [-0.3, -0.25) is 14.4 Å². The molecule has 0 aliphatic heterocycles. The monoisotopic (exact) mass is 306 g/mol. The van der Waals surface area contributed by atoms with Crippen LogP contribution in [0.5, 0.6) is 0 Å². The van der Waals surface area contributed by atoms with Gasteiger partial charge in [-0.05, 0) is 11.5 Å². The summed E-state index contributed by atoms with van der Waals surface area (Å²) in [4.78, 5) is 34.7. The number of carbonyl (C=O) groups is 3. The summed E-state index contributed by atoms with van der Waals surface area (Å²) in [5.41, 5.74) is 0.660. The predicted octanol–water partition coefficient (Wildman–Crippen LogP) is 1.48. The van der Waals surface area contributed by atoms with E-state index in [1.54, 1.807) is 24.3 Å². The maximum absolute atomic E-state index is 12.2. The first kappa shape index (κ1) is 17.7. The number of carboxylic acid groups (broad SMARTS) is 1. The van der Waals surface area contributed by atoms with Crippen molar-refractivity contribution in [1.29, 1.82) is 0 Å². The van der Waals surface area contributed by atoms with Crippen LogP contribution in [0, 0.1) is 5.92 Å². The third kappa shape index (κ3) is 6.39. The number of hydrogen-bond acceptors (Lipinski definition) is 3. The van der Waals surface area contributed by atoms with Crippen molar-refractivity contribution in [2.45, 2.75) is 32.7 Å². The third-order valence-electron chi connectivity index (χ3n) is 2.93. The molecule has 0 saturated carbocycles. The summed E-state index contributed by atoms with van der Waals surface area (Å²) in [5.74, 6) is -1.42. The van der Waals surface area contributed by atoms with E-state index in [1.165, 1.54) is 0 Å². The fraction of sp³-hybridized carbons (Fsp3) is 0.438. The van der Waals surface area contributed by atoms with E-state index in [9.17, 15) is 14.4 Å². The lowest BCUT2D eigenvalue weighted by Gasteiger charge is -2.19. The number of benzene rings is 1. The zero-order chi connectivity index (χ0) is 16.5. The van der Waals surface area contributed by atoms with Gasteiger partial charge in [0.25, 0.3) is 0 Å². The average Bonchev–Trinajstić information content (AvgIpc) is 2.44. The molecule has 0 radical (unpaired) electrons. The second kappa shape index (κ2) is 8.81. The third-order valence-corrected chi connectivity index (χ3v) is 2.93. The lowest BCUT2D eigenvalue weighted by molar-refractivity contribution is -0.137. The van der Waals surface area contributed by atoms with E-state index in [1.807, 2.05) is 19.9 Å². The van der Waals surface area contributed by atoms with E-state index < -0.39 is 17.9 Å². The summed E-state index contributed by atoms with van der Waals surface area (Å²) >= 11 is 0.